The molecule has 1 saturated heterocycles. The molecule has 0 spiro atoms. The molecule has 1 atom stereocenters. The fourth-order valence-electron chi connectivity index (χ4n) is 2.69. The molecule has 0 aliphatic carbocycles. The minimum atomic E-state index is -0.188. The van der Waals surface area contributed by atoms with Crippen LogP contribution in [0.3, 0.4) is 0 Å². The Kier molecular flexibility index (Phi) is 6.02. The highest BCUT2D eigenvalue weighted by molar-refractivity contribution is 5.76. The molecular weight excluding hydrogens is 252 g/mol. The molecule has 1 fully saturated rings. The highest BCUT2D eigenvalue weighted by Crippen LogP contribution is 2.15. The number of nitrogens with one attached hydrogen (secondary N) is 2. The first-order valence-corrected chi connectivity index (χ1v) is 7.43. The van der Waals surface area contributed by atoms with Gasteiger partial charge in [-0.25, -0.2) is 0 Å². The number of carbonyl (C=O) groups excluding carboxylic acids is 1. The van der Waals surface area contributed by atoms with Crippen molar-refractivity contribution in [2.24, 2.45) is 5.92 Å². The van der Waals surface area contributed by atoms with E-state index in [0.717, 1.165) is 31.5 Å². The standard InChI is InChI=1S/C16H24N2O2/c19-12-15(10-13-4-2-1-3-5-13)18-16(20)11-14-6-8-17-9-7-14/h1-5,14-15,17,19H,6-12H2,(H,18,20)/t15-/m1/s1. The first-order chi connectivity index (χ1) is 9.78. The summed E-state index contributed by atoms with van der Waals surface area (Å²) in [6.07, 6.45) is 3.38. The van der Waals surface area contributed by atoms with Gasteiger partial charge in [0.05, 0.1) is 12.6 Å². The van der Waals surface area contributed by atoms with Crippen LogP contribution >= 0.6 is 0 Å². The highest BCUT2D eigenvalue weighted by Gasteiger charge is 2.18. The lowest BCUT2D eigenvalue weighted by Gasteiger charge is -2.23. The lowest BCUT2D eigenvalue weighted by atomic mass is 9.94. The summed E-state index contributed by atoms with van der Waals surface area (Å²) < 4.78 is 0. The van der Waals surface area contributed by atoms with Crippen molar-refractivity contribution in [3.05, 3.63) is 35.9 Å². The molecular formula is C16H24N2O2. The zero-order valence-electron chi connectivity index (χ0n) is 11.8. The van der Waals surface area contributed by atoms with E-state index in [-0.39, 0.29) is 18.6 Å². The SMILES string of the molecule is O=C(CC1CCNCC1)N[C@@H](CO)Cc1ccccc1. The Balaban J connectivity index is 1.78. The number of amides is 1. The van der Waals surface area contributed by atoms with Crippen LogP contribution in [0.15, 0.2) is 30.3 Å². The Hall–Kier alpha value is -1.39. The molecule has 4 heteroatoms. The van der Waals surface area contributed by atoms with Crippen LogP contribution < -0.4 is 10.6 Å². The molecule has 20 heavy (non-hydrogen) atoms. The molecule has 1 amide bonds. The van der Waals surface area contributed by atoms with E-state index >= 15 is 0 Å². The monoisotopic (exact) mass is 276 g/mol. The summed E-state index contributed by atoms with van der Waals surface area (Å²) in [6.45, 7) is 1.99. The van der Waals surface area contributed by atoms with Crippen LogP contribution in [0.5, 0.6) is 0 Å². The van der Waals surface area contributed by atoms with Crippen LogP contribution in [0, 0.1) is 5.92 Å². The molecule has 110 valence electrons. The number of piperidine rings is 1. The van der Waals surface area contributed by atoms with E-state index in [1.807, 2.05) is 30.3 Å². The van der Waals surface area contributed by atoms with Gasteiger partial charge in [-0.2, -0.15) is 0 Å². The van der Waals surface area contributed by atoms with Crippen molar-refractivity contribution < 1.29 is 9.90 Å². The molecule has 1 aromatic carbocycles. The zero-order chi connectivity index (χ0) is 14.2. The van der Waals surface area contributed by atoms with E-state index in [1.165, 1.54) is 0 Å². The summed E-state index contributed by atoms with van der Waals surface area (Å²) >= 11 is 0. The van der Waals surface area contributed by atoms with Crippen LogP contribution in [-0.2, 0) is 11.2 Å². The van der Waals surface area contributed by atoms with Gasteiger partial charge < -0.3 is 15.7 Å². The van der Waals surface area contributed by atoms with Crippen LogP contribution in [0.2, 0.25) is 0 Å². The van der Waals surface area contributed by atoms with E-state index in [4.69, 9.17) is 0 Å². The van der Waals surface area contributed by atoms with Crippen molar-refractivity contribution in [2.45, 2.75) is 31.7 Å². The molecule has 0 radical (unpaired) electrons. The number of hydrogen-bond acceptors (Lipinski definition) is 3. The molecule has 1 aliphatic rings. The average molecular weight is 276 g/mol. The van der Waals surface area contributed by atoms with Crippen molar-refractivity contribution >= 4 is 5.91 Å². The fourth-order valence-corrected chi connectivity index (χ4v) is 2.69. The van der Waals surface area contributed by atoms with Crippen LogP contribution in [0.25, 0.3) is 0 Å². The topological polar surface area (TPSA) is 61.4 Å². The van der Waals surface area contributed by atoms with Crippen molar-refractivity contribution in [3.63, 3.8) is 0 Å². The van der Waals surface area contributed by atoms with Crippen LogP contribution in [0.4, 0.5) is 0 Å². The molecule has 2 rings (SSSR count). The number of rotatable bonds is 6. The minimum absolute atomic E-state index is 0.0210. The van der Waals surface area contributed by atoms with E-state index < -0.39 is 0 Å². The van der Waals surface area contributed by atoms with Gasteiger partial charge in [0.2, 0.25) is 5.91 Å². The second-order valence-electron chi connectivity index (χ2n) is 5.53. The third-order valence-electron chi connectivity index (χ3n) is 3.84. The zero-order valence-corrected chi connectivity index (χ0v) is 11.8. The highest BCUT2D eigenvalue weighted by atomic mass is 16.3. The lowest BCUT2D eigenvalue weighted by Crippen LogP contribution is -2.40. The smallest absolute Gasteiger partial charge is 0.220 e. The van der Waals surface area contributed by atoms with Gasteiger partial charge in [-0.1, -0.05) is 30.3 Å². The number of benzene rings is 1. The second kappa shape index (κ2) is 8.02. The number of carbonyl (C=O) groups is 1. The largest absolute Gasteiger partial charge is 0.394 e. The molecule has 1 heterocycles. The first-order valence-electron chi connectivity index (χ1n) is 7.43. The summed E-state index contributed by atoms with van der Waals surface area (Å²) in [4.78, 5) is 12.0. The van der Waals surface area contributed by atoms with Gasteiger partial charge in [-0.05, 0) is 43.8 Å². The maximum Gasteiger partial charge on any atom is 0.220 e. The van der Waals surface area contributed by atoms with Crippen molar-refractivity contribution in [1.29, 1.82) is 0 Å². The molecule has 1 aromatic rings. The first kappa shape index (κ1) is 15.0. The van der Waals surface area contributed by atoms with E-state index in [1.54, 1.807) is 0 Å². The van der Waals surface area contributed by atoms with Gasteiger partial charge in [-0.15, -0.1) is 0 Å². The summed E-state index contributed by atoms with van der Waals surface area (Å²) in [5.74, 6) is 0.541. The summed E-state index contributed by atoms with van der Waals surface area (Å²) in [5.41, 5.74) is 1.13. The lowest BCUT2D eigenvalue weighted by molar-refractivity contribution is -0.123. The van der Waals surface area contributed by atoms with Gasteiger partial charge in [0.25, 0.3) is 0 Å². The third-order valence-corrected chi connectivity index (χ3v) is 3.84. The predicted octanol–water partition coefficient (Wildman–Crippen LogP) is 1.10. The van der Waals surface area contributed by atoms with E-state index in [9.17, 15) is 9.90 Å². The molecule has 0 bridgehead atoms. The van der Waals surface area contributed by atoms with Crippen LogP contribution in [0.1, 0.15) is 24.8 Å². The minimum Gasteiger partial charge on any atom is -0.394 e. The molecule has 4 nitrogen and oxygen atoms in total. The average Bonchev–Trinajstić information content (AvgIpc) is 2.48. The van der Waals surface area contributed by atoms with Gasteiger partial charge in [-0.3, -0.25) is 4.79 Å². The van der Waals surface area contributed by atoms with Gasteiger partial charge >= 0.3 is 0 Å². The summed E-state index contributed by atoms with van der Waals surface area (Å²) in [5, 5.41) is 15.7. The maximum atomic E-state index is 12.0. The maximum absolute atomic E-state index is 12.0. The molecule has 0 unspecified atom stereocenters. The molecule has 0 aromatic heterocycles. The van der Waals surface area contributed by atoms with Crippen molar-refractivity contribution in [2.75, 3.05) is 19.7 Å². The van der Waals surface area contributed by atoms with Gasteiger partial charge in [0, 0.05) is 6.42 Å². The van der Waals surface area contributed by atoms with E-state index in [2.05, 4.69) is 10.6 Å². The quantitative estimate of drug-likeness (QED) is 0.729. The Labute approximate surface area is 120 Å². The molecule has 0 saturated carbocycles. The Morgan fingerprint density at radius 2 is 2.00 bits per heavy atom. The summed E-state index contributed by atoms with van der Waals surface area (Å²) in [7, 11) is 0. The summed E-state index contributed by atoms with van der Waals surface area (Å²) in [6, 6.07) is 9.75. The van der Waals surface area contributed by atoms with Gasteiger partial charge in [0.15, 0.2) is 0 Å². The Morgan fingerprint density at radius 3 is 2.65 bits per heavy atom. The molecule has 3 N–H and O–H groups in total. The Morgan fingerprint density at radius 1 is 1.30 bits per heavy atom. The Bertz CT molecular complexity index is 402. The normalized spacial score (nSPS) is 17.6. The number of aliphatic hydroxyl groups is 1. The number of hydrogen-bond donors (Lipinski definition) is 3. The third kappa shape index (κ3) is 4.94. The van der Waals surface area contributed by atoms with Gasteiger partial charge in [0.1, 0.15) is 0 Å². The fraction of sp³-hybridized carbons (Fsp3) is 0.562. The molecule has 1 aliphatic heterocycles. The number of aliphatic hydroxyl groups excluding tert-OH is 1. The van der Waals surface area contributed by atoms with Crippen molar-refractivity contribution in [1.82, 2.24) is 10.6 Å². The predicted molar refractivity (Wildman–Crippen MR) is 79.4 cm³/mol. The van der Waals surface area contributed by atoms with Crippen molar-refractivity contribution in [3.8, 4) is 0 Å². The van der Waals surface area contributed by atoms with E-state index in [0.29, 0.717) is 18.8 Å². The second-order valence-corrected chi connectivity index (χ2v) is 5.53. The van der Waals surface area contributed by atoms with Crippen LogP contribution in [-0.4, -0.2) is 36.8 Å².